The van der Waals surface area contributed by atoms with E-state index in [1.165, 1.54) is 20.2 Å². The van der Waals surface area contributed by atoms with E-state index in [9.17, 15) is 5.41 Å². The smallest absolute Gasteiger partial charge is 0.160 e. The molecule has 0 saturated heterocycles. The SMILES string of the molecule is N=C(/C(=C1\NC(c2cccc(-c3nc(-c4ccccc4)cc(-c4ccc5c(c4)sc4ccccc45)n3)c2)=Cc2ccccc21)c1ccccc1)c1ccccc1. The molecular weight excluding hydrogens is 701 g/mol. The number of nitrogens with one attached hydrogen (secondary N) is 2. The molecule has 0 amide bonds. The molecule has 9 aromatic rings. The molecule has 5 heteroatoms. The molecule has 264 valence electrons. The van der Waals surface area contributed by atoms with Crippen molar-refractivity contribution >= 4 is 60.3 Å². The van der Waals surface area contributed by atoms with Crippen molar-refractivity contribution in [1.82, 2.24) is 15.3 Å². The van der Waals surface area contributed by atoms with Gasteiger partial charge in [0.25, 0.3) is 0 Å². The molecule has 1 aliphatic rings. The number of fused-ring (bicyclic) bond motifs is 4. The molecule has 0 fully saturated rings. The first-order valence-electron chi connectivity index (χ1n) is 18.7. The van der Waals surface area contributed by atoms with Crippen molar-refractivity contribution in [3.8, 4) is 33.9 Å². The number of allylic oxidation sites excluding steroid dienone is 1. The van der Waals surface area contributed by atoms with Crippen molar-refractivity contribution in [3.05, 3.63) is 216 Å². The summed E-state index contributed by atoms with van der Waals surface area (Å²) in [6.07, 6.45) is 2.19. The van der Waals surface area contributed by atoms with Crippen molar-refractivity contribution in [2.24, 2.45) is 0 Å². The Bertz CT molecular complexity index is 3000. The zero-order valence-corrected chi connectivity index (χ0v) is 31.1. The largest absolute Gasteiger partial charge is 0.354 e. The first kappa shape index (κ1) is 33.4. The lowest BCUT2D eigenvalue weighted by molar-refractivity contribution is 1.18. The standard InChI is InChI=1S/C51H34N4S/c52-49(35-19-8-3-9-20-35)48(34-17-6-2-7-18-34)50-40-24-11-10-21-36(40)30-43(53-50)37-22-14-23-39(29-37)51-54-44(33-15-4-1-5-16-33)32-45(55-51)38-27-28-42-41-25-12-13-26-46(41)56-47(42)31-38/h1-32,52-53H/b50-48-,52-49?. The maximum Gasteiger partial charge on any atom is 0.160 e. The molecule has 0 unspecified atom stereocenters. The predicted octanol–water partition coefficient (Wildman–Crippen LogP) is 12.9. The molecular formula is C51H34N4S. The Hall–Kier alpha value is -7.21. The normalized spacial score (nSPS) is 13.2. The van der Waals surface area contributed by atoms with Gasteiger partial charge in [-0.2, -0.15) is 0 Å². The number of hydrogen-bond donors (Lipinski definition) is 2. The van der Waals surface area contributed by atoms with Crippen molar-refractivity contribution < 1.29 is 0 Å². The first-order chi connectivity index (χ1) is 27.7. The van der Waals surface area contributed by atoms with E-state index < -0.39 is 0 Å². The van der Waals surface area contributed by atoms with Crippen LogP contribution in [0.3, 0.4) is 0 Å². The Balaban J connectivity index is 1.10. The summed E-state index contributed by atoms with van der Waals surface area (Å²) in [6, 6.07) is 64.7. The third kappa shape index (κ3) is 6.20. The summed E-state index contributed by atoms with van der Waals surface area (Å²) in [7, 11) is 0. The summed E-state index contributed by atoms with van der Waals surface area (Å²) in [5, 5.41) is 15.9. The van der Waals surface area contributed by atoms with Gasteiger partial charge in [0, 0.05) is 59.3 Å². The maximum atomic E-state index is 9.54. The molecule has 56 heavy (non-hydrogen) atoms. The highest BCUT2D eigenvalue weighted by Crippen LogP contribution is 2.39. The van der Waals surface area contributed by atoms with Crippen LogP contribution in [0.4, 0.5) is 0 Å². The van der Waals surface area contributed by atoms with Gasteiger partial charge in [-0.25, -0.2) is 9.97 Å². The summed E-state index contributed by atoms with van der Waals surface area (Å²) in [5.74, 6) is 0.656. The maximum absolute atomic E-state index is 9.54. The number of thiophene rings is 1. The van der Waals surface area contributed by atoms with E-state index in [-0.39, 0.29) is 0 Å². The number of rotatable bonds is 7. The van der Waals surface area contributed by atoms with Crippen molar-refractivity contribution in [3.63, 3.8) is 0 Å². The summed E-state index contributed by atoms with van der Waals surface area (Å²) >= 11 is 1.81. The van der Waals surface area contributed by atoms with Crippen LogP contribution in [0.5, 0.6) is 0 Å². The Kier molecular flexibility index (Phi) is 8.47. The van der Waals surface area contributed by atoms with Crippen molar-refractivity contribution in [1.29, 1.82) is 5.41 Å². The highest BCUT2D eigenvalue weighted by molar-refractivity contribution is 7.25. The minimum absolute atomic E-state index is 0.455. The Morgan fingerprint density at radius 3 is 1.91 bits per heavy atom. The van der Waals surface area contributed by atoms with E-state index in [0.717, 1.165) is 72.9 Å². The molecule has 4 nitrogen and oxygen atoms in total. The van der Waals surface area contributed by atoms with E-state index in [0.29, 0.717) is 11.5 Å². The van der Waals surface area contributed by atoms with Crippen molar-refractivity contribution in [2.45, 2.75) is 0 Å². The Morgan fingerprint density at radius 2 is 1.11 bits per heavy atom. The lowest BCUT2D eigenvalue weighted by Gasteiger charge is -2.26. The topological polar surface area (TPSA) is 61.7 Å². The van der Waals surface area contributed by atoms with Gasteiger partial charge in [0.1, 0.15) is 0 Å². The molecule has 3 heterocycles. The number of hydrogen-bond acceptors (Lipinski definition) is 5. The van der Waals surface area contributed by atoms with Crippen LogP contribution in [0.1, 0.15) is 27.8 Å². The lowest BCUT2D eigenvalue weighted by atomic mass is 9.88. The third-order valence-electron chi connectivity index (χ3n) is 10.3. The fourth-order valence-electron chi connectivity index (χ4n) is 7.56. The van der Waals surface area contributed by atoms with Crippen LogP contribution in [0, 0.1) is 5.41 Å². The average molecular weight is 735 g/mol. The van der Waals surface area contributed by atoms with Crippen LogP contribution >= 0.6 is 11.3 Å². The monoisotopic (exact) mass is 734 g/mol. The van der Waals surface area contributed by atoms with E-state index in [2.05, 4.69) is 133 Å². The van der Waals surface area contributed by atoms with Crippen LogP contribution in [-0.4, -0.2) is 15.7 Å². The molecule has 0 atom stereocenters. The second kappa shape index (κ2) is 14.2. The molecule has 0 bridgehead atoms. The highest BCUT2D eigenvalue weighted by Gasteiger charge is 2.24. The number of benzene rings is 7. The lowest BCUT2D eigenvalue weighted by Crippen LogP contribution is -2.20. The van der Waals surface area contributed by atoms with Gasteiger partial charge in [0.2, 0.25) is 0 Å². The summed E-state index contributed by atoms with van der Waals surface area (Å²) in [4.78, 5) is 10.4. The van der Waals surface area contributed by atoms with E-state index in [4.69, 9.17) is 9.97 Å². The third-order valence-corrected chi connectivity index (χ3v) is 11.5. The first-order valence-corrected chi connectivity index (χ1v) is 19.5. The molecule has 7 aromatic carbocycles. The second-order valence-electron chi connectivity index (χ2n) is 13.8. The van der Waals surface area contributed by atoms with Crippen LogP contribution in [0.2, 0.25) is 0 Å². The molecule has 0 aliphatic carbocycles. The van der Waals surface area contributed by atoms with Gasteiger partial charge in [-0.15, -0.1) is 11.3 Å². The molecule has 1 aliphatic heterocycles. The van der Waals surface area contributed by atoms with Crippen molar-refractivity contribution in [2.75, 3.05) is 0 Å². The van der Waals surface area contributed by atoms with Gasteiger partial charge in [0.05, 0.1) is 22.8 Å². The molecule has 2 aromatic heterocycles. The molecule has 2 N–H and O–H groups in total. The van der Waals surface area contributed by atoms with Crippen LogP contribution in [-0.2, 0) is 0 Å². The molecule has 10 rings (SSSR count). The summed E-state index contributed by atoms with van der Waals surface area (Å²) < 4.78 is 2.52. The van der Waals surface area contributed by atoms with Gasteiger partial charge >= 0.3 is 0 Å². The molecule has 0 spiro atoms. The number of aromatic nitrogens is 2. The average Bonchev–Trinajstić information content (AvgIpc) is 3.65. The zero-order valence-electron chi connectivity index (χ0n) is 30.3. The molecule has 0 saturated carbocycles. The Morgan fingerprint density at radius 1 is 0.482 bits per heavy atom. The zero-order chi connectivity index (χ0) is 37.4. The van der Waals surface area contributed by atoms with Gasteiger partial charge in [-0.1, -0.05) is 164 Å². The molecule has 0 radical (unpaired) electrons. The minimum Gasteiger partial charge on any atom is -0.354 e. The fraction of sp³-hybridized carbons (Fsp3) is 0. The summed E-state index contributed by atoms with van der Waals surface area (Å²) in [5.41, 5.74) is 12.8. The predicted molar refractivity (Wildman–Crippen MR) is 235 cm³/mol. The van der Waals surface area contributed by atoms with Gasteiger partial charge < -0.3 is 5.32 Å². The quantitative estimate of drug-likeness (QED) is 0.160. The Labute approximate surface area is 329 Å². The van der Waals surface area contributed by atoms with Crippen LogP contribution < -0.4 is 5.32 Å². The van der Waals surface area contributed by atoms with Crippen LogP contribution in [0.15, 0.2) is 188 Å². The van der Waals surface area contributed by atoms with E-state index in [1.54, 1.807) is 0 Å². The van der Waals surface area contributed by atoms with E-state index >= 15 is 0 Å². The minimum atomic E-state index is 0.455. The van der Waals surface area contributed by atoms with Gasteiger partial charge in [-0.3, -0.25) is 5.41 Å². The van der Waals surface area contributed by atoms with E-state index in [1.807, 2.05) is 78.1 Å². The second-order valence-corrected chi connectivity index (χ2v) is 14.9. The number of nitrogens with zero attached hydrogens (tertiary/aromatic N) is 2. The van der Waals surface area contributed by atoms with Gasteiger partial charge in [-0.05, 0) is 47.0 Å². The summed E-state index contributed by atoms with van der Waals surface area (Å²) in [6.45, 7) is 0. The van der Waals surface area contributed by atoms with Crippen LogP contribution in [0.25, 0.3) is 77.1 Å². The fourth-order valence-corrected chi connectivity index (χ4v) is 8.70. The van der Waals surface area contributed by atoms with Gasteiger partial charge in [0.15, 0.2) is 5.82 Å². The highest BCUT2D eigenvalue weighted by atomic mass is 32.1.